The highest BCUT2D eigenvalue weighted by atomic mass is 32.2. The molecule has 0 aliphatic heterocycles. The van der Waals surface area contributed by atoms with E-state index in [-0.39, 0.29) is 11.7 Å². The second kappa shape index (κ2) is 5.75. The highest BCUT2D eigenvalue weighted by molar-refractivity contribution is 7.91. The molecule has 0 amide bonds. The molecule has 0 saturated carbocycles. The number of benzene rings is 1. The van der Waals surface area contributed by atoms with E-state index in [0.29, 0.717) is 10.6 Å². The SMILES string of the molecule is CCS(=O)(=O)c1cc(-c2ccccc2)cnc1C(C)C. The Balaban J connectivity index is 2.64. The van der Waals surface area contributed by atoms with Crippen molar-refractivity contribution in [2.75, 3.05) is 5.75 Å². The summed E-state index contributed by atoms with van der Waals surface area (Å²) in [7, 11) is -3.27. The molecular formula is C16H19NO2S. The molecule has 0 bridgehead atoms. The molecule has 0 atom stereocenters. The summed E-state index contributed by atoms with van der Waals surface area (Å²) in [5.41, 5.74) is 2.46. The van der Waals surface area contributed by atoms with E-state index in [1.54, 1.807) is 19.2 Å². The maximum atomic E-state index is 12.3. The first-order valence-electron chi connectivity index (χ1n) is 6.74. The molecule has 0 N–H and O–H groups in total. The predicted molar refractivity (Wildman–Crippen MR) is 81.5 cm³/mol. The molecule has 2 aromatic rings. The average Bonchev–Trinajstić information content (AvgIpc) is 2.47. The van der Waals surface area contributed by atoms with E-state index in [1.165, 1.54) is 0 Å². The van der Waals surface area contributed by atoms with E-state index in [1.807, 2.05) is 44.2 Å². The Labute approximate surface area is 120 Å². The molecule has 0 aliphatic carbocycles. The van der Waals surface area contributed by atoms with Crippen LogP contribution in [0.4, 0.5) is 0 Å². The van der Waals surface area contributed by atoms with Crippen molar-refractivity contribution in [3.63, 3.8) is 0 Å². The molecule has 0 aliphatic rings. The topological polar surface area (TPSA) is 47.0 Å². The first kappa shape index (κ1) is 14.7. The van der Waals surface area contributed by atoms with Gasteiger partial charge >= 0.3 is 0 Å². The fourth-order valence-electron chi connectivity index (χ4n) is 2.08. The van der Waals surface area contributed by atoms with Crippen LogP contribution < -0.4 is 0 Å². The first-order valence-corrected chi connectivity index (χ1v) is 8.39. The third-order valence-corrected chi connectivity index (χ3v) is 5.01. The van der Waals surface area contributed by atoms with Crippen molar-refractivity contribution in [1.82, 2.24) is 4.98 Å². The summed E-state index contributed by atoms with van der Waals surface area (Å²) in [5.74, 6) is 0.170. The van der Waals surface area contributed by atoms with Gasteiger partial charge in [-0.1, -0.05) is 51.1 Å². The van der Waals surface area contributed by atoms with E-state index in [0.717, 1.165) is 11.1 Å². The van der Waals surface area contributed by atoms with Crippen LogP contribution in [-0.4, -0.2) is 19.2 Å². The van der Waals surface area contributed by atoms with E-state index >= 15 is 0 Å². The van der Waals surface area contributed by atoms with Crippen molar-refractivity contribution < 1.29 is 8.42 Å². The smallest absolute Gasteiger partial charge is 0.179 e. The third kappa shape index (κ3) is 2.90. The van der Waals surface area contributed by atoms with E-state index in [9.17, 15) is 8.42 Å². The van der Waals surface area contributed by atoms with Crippen molar-refractivity contribution in [1.29, 1.82) is 0 Å². The van der Waals surface area contributed by atoms with Gasteiger partial charge in [-0.3, -0.25) is 4.98 Å². The maximum Gasteiger partial charge on any atom is 0.179 e. The van der Waals surface area contributed by atoms with Gasteiger partial charge in [0, 0.05) is 11.8 Å². The number of pyridine rings is 1. The molecule has 2 rings (SSSR count). The van der Waals surface area contributed by atoms with Gasteiger partial charge in [0.1, 0.15) is 0 Å². The van der Waals surface area contributed by atoms with E-state index in [4.69, 9.17) is 0 Å². The van der Waals surface area contributed by atoms with Crippen LogP contribution >= 0.6 is 0 Å². The quantitative estimate of drug-likeness (QED) is 0.863. The normalized spacial score (nSPS) is 11.8. The number of sulfone groups is 1. The second-order valence-electron chi connectivity index (χ2n) is 5.03. The standard InChI is InChI=1S/C16H19NO2S/c1-4-20(18,19)15-10-14(11-17-16(15)12(2)3)13-8-6-5-7-9-13/h5-12H,4H2,1-3H3. The van der Waals surface area contributed by atoms with Gasteiger partial charge in [0.15, 0.2) is 9.84 Å². The van der Waals surface area contributed by atoms with Gasteiger partial charge in [-0.15, -0.1) is 0 Å². The summed E-state index contributed by atoms with van der Waals surface area (Å²) in [6, 6.07) is 11.4. The summed E-state index contributed by atoms with van der Waals surface area (Å²) >= 11 is 0. The van der Waals surface area contributed by atoms with Crippen LogP contribution in [0.2, 0.25) is 0 Å². The largest absolute Gasteiger partial charge is 0.259 e. The number of hydrogen-bond donors (Lipinski definition) is 0. The number of hydrogen-bond acceptors (Lipinski definition) is 3. The lowest BCUT2D eigenvalue weighted by Gasteiger charge is -2.13. The number of nitrogens with zero attached hydrogens (tertiary/aromatic N) is 1. The third-order valence-electron chi connectivity index (χ3n) is 3.25. The molecule has 4 heteroatoms. The van der Waals surface area contributed by atoms with Crippen LogP contribution in [0.1, 0.15) is 32.4 Å². The fraction of sp³-hybridized carbons (Fsp3) is 0.312. The Morgan fingerprint density at radius 2 is 1.75 bits per heavy atom. The summed E-state index contributed by atoms with van der Waals surface area (Å²) in [6.07, 6.45) is 1.75. The highest BCUT2D eigenvalue weighted by Crippen LogP contribution is 2.28. The van der Waals surface area contributed by atoms with Crippen LogP contribution in [0.5, 0.6) is 0 Å². The summed E-state index contributed by atoms with van der Waals surface area (Å²) in [6.45, 7) is 5.58. The van der Waals surface area contributed by atoms with Gasteiger partial charge in [-0.25, -0.2) is 8.42 Å². The van der Waals surface area contributed by atoms with Gasteiger partial charge in [0.25, 0.3) is 0 Å². The molecule has 0 fully saturated rings. The number of aromatic nitrogens is 1. The minimum absolute atomic E-state index is 0.0798. The maximum absolute atomic E-state index is 12.3. The Morgan fingerprint density at radius 3 is 2.30 bits per heavy atom. The molecule has 20 heavy (non-hydrogen) atoms. The van der Waals surface area contributed by atoms with Crippen LogP contribution in [0.15, 0.2) is 47.5 Å². The molecule has 0 spiro atoms. The second-order valence-corrected chi connectivity index (χ2v) is 7.28. The van der Waals surface area contributed by atoms with Gasteiger partial charge in [-0.2, -0.15) is 0 Å². The summed E-state index contributed by atoms with van der Waals surface area (Å²) in [5, 5.41) is 0. The first-order chi connectivity index (χ1) is 9.45. The minimum Gasteiger partial charge on any atom is -0.259 e. The van der Waals surface area contributed by atoms with Crippen molar-refractivity contribution in [2.24, 2.45) is 0 Å². The Bertz CT molecular complexity index is 692. The Hall–Kier alpha value is -1.68. The zero-order chi connectivity index (χ0) is 14.8. The molecular weight excluding hydrogens is 270 g/mol. The van der Waals surface area contributed by atoms with Gasteiger partial charge in [0.05, 0.1) is 16.3 Å². The molecule has 0 saturated heterocycles. The highest BCUT2D eigenvalue weighted by Gasteiger charge is 2.20. The summed E-state index contributed by atoms with van der Waals surface area (Å²) in [4.78, 5) is 4.75. The van der Waals surface area contributed by atoms with Crippen molar-refractivity contribution in [2.45, 2.75) is 31.6 Å². The molecule has 0 unspecified atom stereocenters. The van der Waals surface area contributed by atoms with Crippen molar-refractivity contribution in [3.05, 3.63) is 48.3 Å². The molecule has 1 aromatic carbocycles. The minimum atomic E-state index is -3.27. The van der Waals surface area contributed by atoms with Gasteiger partial charge in [0.2, 0.25) is 0 Å². The van der Waals surface area contributed by atoms with Crippen molar-refractivity contribution in [3.8, 4) is 11.1 Å². The summed E-state index contributed by atoms with van der Waals surface area (Å²) < 4.78 is 24.5. The monoisotopic (exact) mass is 289 g/mol. The lowest BCUT2D eigenvalue weighted by atomic mass is 10.0. The van der Waals surface area contributed by atoms with Crippen LogP contribution in [0, 0.1) is 0 Å². The molecule has 0 radical (unpaired) electrons. The number of rotatable bonds is 4. The van der Waals surface area contributed by atoms with Crippen molar-refractivity contribution >= 4 is 9.84 Å². The zero-order valence-corrected chi connectivity index (χ0v) is 12.8. The van der Waals surface area contributed by atoms with E-state index in [2.05, 4.69) is 4.98 Å². The lowest BCUT2D eigenvalue weighted by molar-refractivity contribution is 0.593. The zero-order valence-electron chi connectivity index (χ0n) is 12.0. The molecule has 1 aromatic heterocycles. The van der Waals surface area contributed by atoms with Crippen LogP contribution in [-0.2, 0) is 9.84 Å². The molecule has 1 heterocycles. The fourth-order valence-corrected chi connectivity index (χ4v) is 3.31. The van der Waals surface area contributed by atoms with Crippen LogP contribution in [0.25, 0.3) is 11.1 Å². The Kier molecular flexibility index (Phi) is 4.23. The predicted octanol–water partition coefficient (Wildman–Crippen LogP) is 3.67. The van der Waals surface area contributed by atoms with Crippen LogP contribution in [0.3, 0.4) is 0 Å². The Morgan fingerprint density at radius 1 is 1.10 bits per heavy atom. The van der Waals surface area contributed by atoms with Gasteiger partial charge in [-0.05, 0) is 17.5 Å². The average molecular weight is 289 g/mol. The molecule has 3 nitrogen and oxygen atoms in total. The van der Waals surface area contributed by atoms with Gasteiger partial charge < -0.3 is 0 Å². The lowest BCUT2D eigenvalue weighted by Crippen LogP contribution is -2.10. The molecule has 106 valence electrons. The van der Waals surface area contributed by atoms with E-state index < -0.39 is 9.84 Å².